The van der Waals surface area contributed by atoms with Crippen LogP contribution < -0.4 is 5.32 Å². The zero-order valence-corrected chi connectivity index (χ0v) is 12.7. The summed E-state index contributed by atoms with van der Waals surface area (Å²) in [5, 5.41) is 3.03. The number of aromatic nitrogens is 2. The van der Waals surface area contributed by atoms with E-state index in [2.05, 4.69) is 31.2 Å². The molecule has 0 radical (unpaired) electrons. The lowest BCUT2D eigenvalue weighted by Gasteiger charge is -2.09. The molecule has 2 rings (SSSR count). The summed E-state index contributed by atoms with van der Waals surface area (Å²) in [4.78, 5) is 8.90. The Kier molecular flexibility index (Phi) is 4.55. The SMILES string of the molecule is CCc1ccc(-c2nc(COC)c(Br)c(NC)n2)o1. The van der Waals surface area contributed by atoms with Gasteiger partial charge in [0.2, 0.25) is 0 Å². The molecule has 0 saturated carbocycles. The van der Waals surface area contributed by atoms with Crippen LogP contribution in [0.3, 0.4) is 0 Å². The highest BCUT2D eigenvalue weighted by Crippen LogP contribution is 2.28. The first-order valence-electron chi connectivity index (χ1n) is 6.01. The monoisotopic (exact) mass is 325 g/mol. The molecule has 0 amide bonds. The molecular formula is C13H16BrN3O2. The van der Waals surface area contributed by atoms with Crippen molar-refractivity contribution < 1.29 is 9.15 Å². The quantitative estimate of drug-likeness (QED) is 0.914. The summed E-state index contributed by atoms with van der Waals surface area (Å²) in [5.41, 5.74) is 0.784. The summed E-state index contributed by atoms with van der Waals surface area (Å²) in [5.74, 6) is 2.85. The number of furan rings is 1. The van der Waals surface area contributed by atoms with E-state index in [1.807, 2.05) is 26.1 Å². The van der Waals surface area contributed by atoms with Gasteiger partial charge in [-0.15, -0.1) is 0 Å². The van der Waals surface area contributed by atoms with Gasteiger partial charge in [0.25, 0.3) is 0 Å². The number of nitrogens with one attached hydrogen (secondary N) is 1. The van der Waals surface area contributed by atoms with Crippen molar-refractivity contribution in [2.24, 2.45) is 0 Å². The molecule has 0 aliphatic rings. The van der Waals surface area contributed by atoms with Gasteiger partial charge in [-0.1, -0.05) is 6.92 Å². The van der Waals surface area contributed by atoms with Gasteiger partial charge in [0.05, 0.1) is 16.8 Å². The smallest absolute Gasteiger partial charge is 0.198 e. The van der Waals surface area contributed by atoms with Crippen molar-refractivity contribution in [3.8, 4) is 11.6 Å². The number of anilines is 1. The lowest BCUT2D eigenvalue weighted by Crippen LogP contribution is -2.03. The maximum absolute atomic E-state index is 5.68. The van der Waals surface area contributed by atoms with Crippen LogP contribution in [0.5, 0.6) is 0 Å². The highest BCUT2D eigenvalue weighted by molar-refractivity contribution is 9.10. The Hall–Kier alpha value is -1.40. The molecule has 102 valence electrons. The van der Waals surface area contributed by atoms with Crippen molar-refractivity contribution >= 4 is 21.7 Å². The van der Waals surface area contributed by atoms with Gasteiger partial charge in [0.15, 0.2) is 11.6 Å². The second-order valence-electron chi connectivity index (χ2n) is 3.96. The van der Waals surface area contributed by atoms with Crippen LogP contribution in [0.1, 0.15) is 18.4 Å². The molecule has 1 N–H and O–H groups in total. The molecule has 2 heterocycles. The average Bonchev–Trinajstić information content (AvgIpc) is 2.90. The van der Waals surface area contributed by atoms with E-state index in [0.29, 0.717) is 24.0 Å². The van der Waals surface area contributed by atoms with Crippen LogP contribution in [0.2, 0.25) is 0 Å². The normalized spacial score (nSPS) is 10.7. The predicted molar refractivity (Wildman–Crippen MR) is 77.1 cm³/mol. The zero-order valence-electron chi connectivity index (χ0n) is 11.2. The Morgan fingerprint density at radius 1 is 1.37 bits per heavy atom. The van der Waals surface area contributed by atoms with Crippen molar-refractivity contribution in [3.63, 3.8) is 0 Å². The molecule has 0 aliphatic carbocycles. The molecule has 5 nitrogen and oxygen atoms in total. The maximum atomic E-state index is 5.68. The lowest BCUT2D eigenvalue weighted by atomic mass is 10.3. The molecule has 2 aromatic heterocycles. The molecule has 6 heteroatoms. The van der Waals surface area contributed by atoms with E-state index in [1.54, 1.807) is 7.11 Å². The molecule has 0 atom stereocenters. The Bertz CT molecular complexity index is 569. The fourth-order valence-electron chi connectivity index (χ4n) is 1.69. The number of hydrogen-bond donors (Lipinski definition) is 1. The first-order chi connectivity index (χ1) is 9.19. The summed E-state index contributed by atoms with van der Waals surface area (Å²) in [6, 6.07) is 3.83. The largest absolute Gasteiger partial charge is 0.458 e. The molecule has 0 aromatic carbocycles. The van der Waals surface area contributed by atoms with Crippen LogP contribution >= 0.6 is 15.9 Å². The van der Waals surface area contributed by atoms with Crippen molar-refractivity contribution in [1.82, 2.24) is 9.97 Å². The molecule has 0 aliphatic heterocycles. The average molecular weight is 326 g/mol. The van der Waals surface area contributed by atoms with Crippen molar-refractivity contribution in [2.45, 2.75) is 20.0 Å². The first kappa shape index (κ1) is 14.0. The third-order valence-corrected chi connectivity index (χ3v) is 3.50. The van der Waals surface area contributed by atoms with E-state index in [9.17, 15) is 0 Å². The second-order valence-corrected chi connectivity index (χ2v) is 4.75. The molecule has 0 bridgehead atoms. The molecular weight excluding hydrogens is 310 g/mol. The van der Waals surface area contributed by atoms with Crippen LogP contribution in [0.4, 0.5) is 5.82 Å². The minimum Gasteiger partial charge on any atom is -0.458 e. The van der Waals surface area contributed by atoms with Crippen LogP contribution in [0, 0.1) is 0 Å². The minimum absolute atomic E-state index is 0.409. The van der Waals surface area contributed by atoms with E-state index < -0.39 is 0 Å². The topological polar surface area (TPSA) is 60.2 Å². The summed E-state index contributed by atoms with van der Waals surface area (Å²) < 4.78 is 11.6. The highest BCUT2D eigenvalue weighted by atomic mass is 79.9. The van der Waals surface area contributed by atoms with Gasteiger partial charge >= 0.3 is 0 Å². The minimum atomic E-state index is 0.409. The van der Waals surface area contributed by atoms with Gasteiger partial charge in [-0.25, -0.2) is 9.97 Å². The number of halogens is 1. The number of methoxy groups -OCH3 is 1. The highest BCUT2D eigenvalue weighted by Gasteiger charge is 2.14. The summed E-state index contributed by atoms with van der Waals surface area (Å²) >= 11 is 3.47. The van der Waals surface area contributed by atoms with E-state index in [4.69, 9.17) is 9.15 Å². The molecule has 0 spiro atoms. The fourth-order valence-corrected chi connectivity index (χ4v) is 2.18. The Labute approximate surface area is 120 Å². The fraction of sp³-hybridized carbons (Fsp3) is 0.385. The Morgan fingerprint density at radius 2 is 2.16 bits per heavy atom. The van der Waals surface area contributed by atoms with E-state index >= 15 is 0 Å². The maximum Gasteiger partial charge on any atom is 0.198 e. The van der Waals surface area contributed by atoms with Crippen LogP contribution in [-0.2, 0) is 17.8 Å². The number of ether oxygens (including phenoxy) is 1. The summed E-state index contributed by atoms with van der Waals surface area (Å²) in [6.07, 6.45) is 0.848. The van der Waals surface area contributed by atoms with Gasteiger partial charge in [-0.05, 0) is 28.1 Å². The Balaban J connectivity index is 2.47. The van der Waals surface area contributed by atoms with Crippen LogP contribution in [0.25, 0.3) is 11.6 Å². The van der Waals surface area contributed by atoms with Crippen LogP contribution in [-0.4, -0.2) is 24.1 Å². The second kappa shape index (κ2) is 6.16. The van der Waals surface area contributed by atoms with Crippen LogP contribution in [0.15, 0.2) is 21.0 Å². The summed E-state index contributed by atoms with van der Waals surface area (Å²) in [6.45, 7) is 2.45. The standard InChI is InChI=1S/C13H16BrN3O2/c1-4-8-5-6-10(19-8)12-16-9(7-18-3)11(14)13(15-2)17-12/h5-6H,4,7H2,1-3H3,(H,15,16,17). The molecule has 19 heavy (non-hydrogen) atoms. The third-order valence-electron chi connectivity index (χ3n) is 2.67. The predicted octanol–water partition coefficient (Wildman–Crippen LogP) is 3.25. The lowest BCUT2D eigenvalue weighted by molar-refractivity contribution is 0.181. The van der Waals surface area contributed by atoms with Gasteiger partial charge in [-0.3, -0.25) is 0 Å². The van der Waals surface area contributed by atoms with Crippen molar-refractivity contribution in [1.29, 1.82) is 0 Å². The number of hydrogen-bond acceptors (Lipinski definition) is 5. The van der Waals surface area contributed by atoms with Gasteiger partial charge in [0, 0.05) is 20.6 Å². The van der Waals surface area contributed by atoms with Gasteiger partial charge in [-0.2, -0.15) is 0 Å². The van der Waals surface area contributed by atoms with Gasteiger partial charge in [0.1, 0.15) is 11.6 Å². The number of rotatable bonds is 5. The first-order valence-corrected chi connectivity index (χ1v) is 6.81. The molecule has 0 fully saturated rings. The van der Waals surface area contributed by atoms with Crippen molar-refractivity contribution in [2.75, 3.05) is 19.5 Å². The van der Waals surface area contributed by atoms with E-state index in [-0.39, 0.29) is 0 Å². The van der Waals surface area contributed by atoms with E-state index in [1.165, 1.54) is 0 Å². The van der Waals surface area contributed by atoms with Gasteiger partial charge < -0.3 is 14.5 Å². The number of aryl methyl sites for hydroxylation is 1. The van der Waals surface area contributed by atoms with E-state index in [0.717, 1.165) is 22.3 Å². The van der Waals surface area contributed by atoms with Crippen molar-refractivity contribution in [3.05, 3.63) is 28.1 Å². The number of nitrogens with zero attached hydrogens (tertiary/aromatic N) is 2. The molecule has 0 saturated heterocycles. The molecule has 0 unspecified atom stereocenters. The molecule has 2 aromatic rings. The zero-order chi connectivity index (χ0) is 13.8. The third kappa shape index (κ3) is 2.96. The summed E-state index contributed by atoms with van der Waals surface area (Å²) in [7, 11) is 3.45. The Morgan fingerprint density at radius 3 is 2.74 bits per heavy atom.